The molecule has 7 nitrogen and oxygen atoms in total. The highest BCUT2D eigenvalue weighted by Crippen LogP contribution is 2.22. The van der Waals surface area contributed by atoms with Crippen LogP contribution < -0.4 is 4.90 Å². The minimum Gasteiger partial charge on any atom is -0.355 e. The van der Waals surface area contributed by atoms with Crippen LogP contribution in [0, 0.1) is 5.92 Å². The quantitative estimate of drug-likeness (QED) is 0.845. The van der Waals surface area contributed by atoms with Crippen molar-refractivity contribution < 1.29 is 4.79 Å². The lowest BCUT2D eigenvalue weighted by Crippen LogP contribution is -2.43. The van der Waals surface area contributed by atoms with E-state index in [1.807, 2.05) is 20.3 Å². The van der Waals surface area contributed by atoms with Crippen LogP contribution in [0.5, 0.6) is 0 Å². The monoisotopic (exact) mass is 314 g/mol. The maximum absolute atomic E-state index is 12.7. The van der Waals surface area contributed by atoms with Gasteiger partial charge in [-0.05, 0) is 12.8 Å². The van der Waals surface area contributed by atoms with Crippen LogP contribution in [0.15, 0.2) is 31.0 Å². The predicted molar refractivity (Wildman–Crippen MR) is 86.7 cm³/mol. The molecule has 0 unspecified atom stereocenters. The second kappa shape index (κ2) is 6.76. The van der Waals surface area contributed by atoms with Gasteiger partial charge in [0.05, 0.1) is 18.3 Å². The summed E-state index contributed by atoms with van der Waals surface area (Å²) in [4.78, 5) is 25.1. The van der Waals surface area contributed by atoms with Gasteiger partial charge in [0.25, 0.3) is 0 Å². The van der Waals surface area contributed by atoms with E-state index >= 15 is 0 Å². The van der Waals surface area contributed by atoms with Crippen LogP contribution in [0.1, 0.15) is 18.4 Å². The Labute approximate surface area is 135 Å². The maximum Gasteiger partial charge on any atom is 0.227 e. The summed E-state index contributed by atoms with van der Waals surface area (Å²) >= 11 is 0. The molecule has 0 radical (unpaired) electrons. The third-order valence-electron chi connectivity index (χ3n) is 4.20. The van der Waals surface area contributed by atoms with Gasteiger partial charge in [-0.3, -0.25) is 14.5 Å². The predicted octanol–water partition coefficient (Wildman–Crippen LogP) is 1.09. The number of nitrogens with zero attached hydrogens (tertiary/aromatic N) is 6. The summed E-state index contributed by atoms with van der Waals surface area (Å²) < 4.78 is 1.75. The summed E-state index contributed by atoms with van der Waals surface area (Å²) in [5, 5.41) is 4.15. The van der Waals surface area contributed by atoms with Crippen molar-refractivity contribution in [2.75, 3.05) is 25.0 Å². The molecule has 1 aliphatic heterocycles. The molecule has 7 heteroatoms. The molecule has 0 N–H and O–H groups in total. The zero-order chi connectivity index (χ0) is 16.2. The number of amides is 1. The molecule has 3 rings (SSSR count). The molecule has 0 aliphatic carbocycles. The first-order valence-electron chi connectivity index (χ1n) is 7.87. The van der Waals surface area contributed by atoms with Crippen molar-refractivity contribution in [2.45, 2.75) is 19.4 Å². The SMILES string of the molecule is CN(Cc1cnn(C)c1)C(=O)[C@H]1CCCN(c2cnccn2)C1. The van der Waals surface area contributed by atoms with E-state index in [1.165, 1.54) is 0 Å². The summed E-state index contributed by atoms with van der Waals surface area (Å²) in [7, 11) is 3.74. The average molecular weight is 314 g/mol. The van der Waals surface area contributed by atoms with Crippen molar-refractivity contribution in [2.24, 2.45) is 13.0 Å². The van der Waals surface area contributed by atoms with Gasteiger partial charge in [0, 0.05) is 57.9 Å². The van der Waals surface area contributed by atoms with E-state index in [0.29, 0.717) is 13.1 Å². The number of piperidine rings is 1. The lowest BCUT2D eigenvalue weighted by atomic mass is 9.96. The van der Waals surface area contributed by atoms with Crippen LogP contribution in [0.2, 0.25) is 0 Å². The fourth-order valence-corrected chi connectivity index (χ4v) is 3.06. The maximum atomic E-state index is 12.7. The van der Waals surface area contributed by atoms with E-state index in [4.69, 9.17) is 0 Å². The number of aromatic nitrogens is 4. The van der Waals surface area contributed by atoms with Crippen molar-refractivity contribution >= 4 is 11.7 Å². The smallest absolute Gasteiger partial charge is 0.227 e. The Kier molecular flexibility index (Phi) is 4.55. The van der Waals surface area contributed by atoms with Crippen LogP contribution in [-0.4, -0.2) is 50.7 Å². The number of hydrogen-bond donors (Lipinski definition) is 0. The number of hydrogen-bond acceptors (Lipinski definition) is 5. The lowest BCUT2D eigenvalue weighted by molar-refractivity contribution is -0.135. The van der Waals surface area contributed by atoms with Crippen LogP contribution in [-0.2, 0) is 18.4 Å². The average Bonchev–Trinajstić information content (AvgIpc) is 3.00. The Morgan fingerprint density at radius 1 is 1.39 bits per heavy atom. The number of carbonyl (C=O) groups is 1. The van der Waals surface area contributed by atoms with E-state index in [-0.39, 0.29) is 11.8 Å². The molecule has 3 heterocycles. The Balaban J connectivity index is 1.62. The van der Waals surface area contributed by atoms with Gasteiger partial charge < -0.3 is 9.80 Å². The zero-order valence-corrected chi connectivity index (χ0v) is 13.6. The summed E-state index contributed by atoms with van der Waals surface area (Å²) in [6, 6.07) is 0. The van der Waals surface area contributed by atoms with Crippen molar-refractivity contribution in [3.05, 3.63) is 36.5 Å². The topological polar surface area (TPSA) is 67.2 Å². The van der Waals surface area contributed by atoms with Gasteiger partial charge in [0.15, 0.2) is 0 Å². The number of rotatable bonds is 4. The van der Waals surface area contributed by atoms with Crippen LogP contribution in [0.4, 0.5) is 5.82 Å². The van der Waals surface area contributed by atoms with Crippen molar-refractivity contribution in [1.29, 1.82) is 0 Å². The van der Waals surface area contributed by atoms with Gasteiger partial charge in [-0.1, -0.05) is 0 Å². The molecule has 0 saturated carbocycles. The van der Waals surface area contributed by atoms with Crippen LogP contribution in [0.25, 0.3) is 0 Å². The molecule has 2 aromatic heterocycles. The lowest BCUT2D eigenvalue weighted by Gasteiger charge is -2.34. The first-order valence-corrected chi connectivity index (χ1v) is 7.87. The van der Waals surface area contributed by atoms with Gasteiger partial charge in [-0.2, -0.15) is 5.10 Å². The van der Waals surface area contributed by atoms with Gasteiger partial charge in [-0.15, -0.1) is 0 Å². The molecule has 1 amide bonds. The van der Waals surface area contributed by atoms with E-state index in [0.717, 1.165) is 30.8 Å². The van der Waals surface area contributed by atoms with E-state index in [1.54, 1.807) is 34.4 Å². The fraction of sp³-hybridized carbons (Fsp3) is 0.500. The van der Waals surface area contributed by atoms with Crippen LogP contribution in [0.3, 0.4) is 0 Å². The summed E-state index contributed by atoms with van der Waals surface area (Å²) in [6.45, 7) is 2.22. The molecule has 2 aromatic rings. The first-order chi connectivity index (χ1) is 11.1. The second-order valence-corrected chi connectivity index (χ2v) is 6.07. The summed E-state index contributed by atoms with van der Waals surface area (Å²) in [6.07, 6.45) is 10.8. The molecular weight excluding hydrogens is 292 g/mol. The summed E-state index contributed by atoms with van der Waals surface area (Å²) in [5.41, 5.74) is 1.05. The molecule has 0 bridgehead atoms. The van der Waals surface area contributed by atoms with Gasteiger partial charge in [-0.25, -0.2) is 4.98 Å². The number of aryl methyl sites for hydroxylation is 1. The Morgan fingerprint density at radius 2 is 2.26 bits per heavy atom. The molecule has 122 valence electrons. The highest BCUT2D eigenvalue weighted by atomic mass is 16.2. The van der Waals surface area contributed by atoms with Crippen molar-refractivity contribution in [3.8, 4) is 0 Å². The fourth-order valence-electron chi connectivity index (χ4n) is 3.06. The van der Waals surface area contributed by atoms with Crippen LogP contribution >= 0.6 is 0 Å². The largest absolute Gasteiger partial charge is 0.355 e. The molecule has 1 aliphatic rings. The Bertz CT molecular complexity index is 656. The summed E-state index contributed by atoms with van der Waals surface area (Å²) in [5.74, 6) is 1.04. The van der Waals surface area contributed by atoms with E-state index in [9.17, 15) is 4.79 Å². The molecule has 1 saturated heterocycles. The van der Waals surface area contributed by atoms with Gasteiger partial charge in [0.1, 0.15) is 5.82 Å². The van der Waals surface area contributed by atoms with E-state index < -0.39 is 0 Å². The first kappa shape index (κ1) is 15.5. The molecule has 0 spiro atoms. The highest BCUT2D eigenvalue weighted by molar-refractivity contribution is 5.79. The van der Waals surface area contributed by atoms with Gasteiger partial charge in [0.2, 0.25) is 5.91 Å². The minimum absolute atomic E-state index is 0.00688. The normalized spacial score (nSPS) is 18.0. The minimum atomic E-state index is 0.00688. The molecule has 0 aromatic carbocycles. The molecule has 1 atom stereocenters. The zero-order valence-electron chi connectivity index (χ0n) is 13.6. The standard InChI is InChI=1S/C16H22N6O/c1-20(10-13-8-19-21(2)11-13)16(23)14-4-3-7-22(12-14)15-9-17-5-6-18-15/h5-6,8-9,11,14H,3-4,7,10,12H2,1-2H3/t14-/m0/s1. The van der Waals surface area contributed by atoms with E-state index in [2.05, 4.69) is 20.0 Å². The second-order valence-electron chi connectivity index (χ2n) is 6.07. The Hall–Kier alpha value is -2.44. The number of carbonyl (C=O) groups excluding carboxylic acids is 1. The molecule has 1 fully saturated rings. The third kappa shape index (κ3) is 3.67. The van der Waals surface area contributed by atoms with Crippen molar-refractivity contribution in [3.63, 3.8) is 0 Å². The van der Waals surface area contributed by atoms with Crippen molar-refractivity contribution in [1.82, 2.24) is 24.6 Å². The highest BCUT2D eigenvalue weighted by Gasteiger charge is 2.28. The third-order valence-corrected chi connectivity index (χ3v) is 4.20. The number of anilines is 1. The van der Waals surface area contributed by atoms with Gasteiger partial charge >= 0.3 is 0 Å². The molecule has 23 heavy (non-hydrogen) atoms. The Morgan fingerprint density at radius 3 is 2.96 bits per heavy atom. The molecular formula is C16H22N6O.